The molecule has 0 amide bonds. The van der Waals surface area contributed by atoms with Crippen molar-refractivity contribution in [2.45, 2.75) is 20.0 Å². The van der Waals surface area contributed by atoms with Crippen LogP contribution in [0.25, 0.3) is 5.82 Å². The summed E-state index contributed by atoms with van der Waals surface area (Å²) in [4.78, 5) is 17.0. The maximum absolute atomic E-state index is 12.4. The zero-order chi connectivity index (χ0) is 20.9. The van der Waals surface area contributed by atoms with Crippen LogP contribution in [0.1, 0.15) is 28.7 Å². The molecule has 0 bridgehead atoms. The van der Waals surface area contributed by atoms with E-state index in [1.807, 2.05) is 6.07 Å². The zero-order valence-electron chi connectivity index (χ0n) is 16.8. The molecule has 1 aliphatic rings. The minimum Gasteiger partial charge on any atom is -0.461 e. The highest BCUT2D eigenvalue weighted by Crippen LogP contribution is 2.19. The van der Waals surface area contributed by atoms with Gasteiger partial charge >= 0.3 is 5.97 Å². The second-order valence-electron chi connectivity index (χ2n) is 7.03. The van der Waals surface area contributed by atoms with Gasteiger partial charge in [-0.1, -0.05) is 35.5 Å². The molecular formula is C19H24N8O3. The first-order valence-electron chi connectivity index (χ1n) is 9.84. The van der Waals surface area contributed by atoms with Gasteiger partial charge in [0.2, 0.25) is 11.6 Å². The summed E-state index contributed by atoms with van der Waals surface area (Å²) in [6.45, 7) is 6.87. The van der Waals surface area contributed by atoms with E-state index < -0.39 is 5.97 Å². The Morgan fingerprint density at radius 3 is 2.43 bits per heavy atom. The summed E-state index contributed by atoms with van der Waals surface area (Å²) < 4.78 is 11.2. The molecule has 4 rings (SSSR count). The number of rotatable bonds is 7. The molecule has 1 saturated heterocycles. The highest BCUT2D eigenvalue weighted by Gasteiger charge is 2.27. The molecule has 30 heavy (non-hydrogen) atoms. The molecule has 2 N–H and O–H groups in total. The number of nitrogens with zero attached hydrogens (tertiary/aromatic N) is 7. The number of piperazine rings is 1. The SMILES string of the molecule is CCOC(=O)c1nnn(-c2nonc2N)c1CN1CCN(Cc2ccccc2)CC1. The van der Waals surface area contributed by atoms with Gasteiger partial charge in [0.15, 0.2) is 5.69 Å². The van der Waals surface area contributed by atoms with Crippen molar-refractivity contribution in [3.63, 3.8) is 0 Å². The molecule has 1 fully saturated rings. The Morgan fingerprint density at radius 1 is 1.10 bits per heavy atom. The number of ether oxygens (including phenoxy) is 1. The second kappa shape index (κ2) is 9.01. The number of aromatic nitrogens is 5. The van der Waals surface area contributed by atoms with Gasteiger partial charge < -0.3 is 10.5 Å². The number of hydrogen-bond acceptors (Lipinski definition) is 10. The van der Waals surface area contributed by atoms with Gasteiger partial charge in [0, 0.05) is 39.3 Å². The molecule has 1 aromatic carbocycles. The number of nitrogen functional groups attached to an aromatic ring is 1. The molecule has 11 nitrogen and oxygen atoms in total. The molecular weight excluding hydrogens is 388 g/mol. The Labute approximate surface area is 173 Å². The largest absolute Gasteiger partial charge is 0.461 e. The molecule has 0 aliphatic carbocycles. The van der Waals surface area contributed by atoms with Crippen LogP contribution in [-0.2, 0) is 17.8 Å². The summed E-state index contributed by atoms with van der Waals surface area (Å²) in [7, 11) is 0. The van der Waals surface area contributed by atoms with Gasteiger partial charge in [-0.3, -0.25) is 9.80 Å². The number of benzene rings is 1. The summed E-state index contributed by atoms with van der Waals surface area (Å²) in [5.41, 5.74) is 7.81. The first-order chi connectivity index (χ1) is 14.7. The Bertz CT molecular complexity index is 979. The first kappa shape index (κ1) is 20.0. The molecule has 0 radical (unpaired) electrons. The number of esters is 1. The molecule has 158 valence electrons. The van der Waals surface area contributed by atoms with E-state index in [1.54, 1.807) is 6.92 Å². The second-order valence-corrected chi connectivity index (χ2v) is 7.03. The van der Waals surface area contributed by atoms with E-state index in [4.69, 9.17) is 10.5 Å². The predicted octanol–water partition coefficient (Wildman–Crippen LogP) is 0.727. The van der Waals surface area contributed by atoms with Gasteiger partial charge in [-0.15, -0.1) is 5.10 Å². The molecule has 3 heterocycles. The summed E-state index contributed by atoms with van der Waals surface area (Å²) in [6.07, 6.45) is 0. The van der Waals surface area contributed by atoms with Gasteiger partial charge in [0.05, 0.1) is 12.3 Å². The van der Waals surface area contributed by atoms with Crippen LogP contribution in [0.5, 0.6) is 0 Å². The van der Waals surface area contributed by atoms with Crippen molar-refractivity contribution >= 4 is 11.8 Å². The highest BCUT2D eigenvalue weighted by atomic mass is 16.6. The normalized spacial score (nSPS) is 15.4. The van der Waals surface area contributed by atoms with Gasteiger partial charge in [-0.2, -0.15) is 4.68 Å². The zero-order valence-corrected chi connectivity index (χ0v) is 16.8. The third-order valence-electron chi connectivity index (χ3n) is 5.02. The fourth-order valence-corrected chi connectivity index (χ4v) is 3.47. The van der Waals surface area contributed by atoms with Gasteiger partial charge in [-0.25, -0.2) is 9.42 Å². The average molecular weight is 412 g/mol. The van der Waals surface area contributed by atoms with E-state index in [0.717, 1.165) is 32.7 Å². The summed E-state index contributed by atoms with van der Waals surface area (Å²) >= 11 is 0. The minimum atomic E-state index is -0.531. The Balaban J connectivity index is 1.48. The lowest BCUT2D eigenvalue weighted by atomic mass is 10.2. The topological polar surface area (TPSA) is 128 Å². The monoisotopic (exact) mass is 412 g/mol. The molecule has 11 heteroatoms. The minimum absolute atomic E-state index is 0.0734. The fraction of sp³-hybridized carbons (Fsp3) is 0.421. The third-order valence-corrected chi connectivity index (χ3v) is 5.02. The number of hydrogen-bond donors (Lipinski definition) is 1. The first-order valence-corrected chi connectivity index (χ1v) is 9.84. The van der Waals surface area contributed by atoms with Crippen LogP contribution in [0.2, 0.25) is 0 Å². The van der Waals surface area contributed by atoms with Crippen LogP contribution in [0, 0.1) is 0 Å². The highest BCUT2D eigenvalue weighted by molar-refractivity contribution is 5.88. The maximum atomic E-state index is 12.4. The number of anilines is 1. The molecule has 3 aromatic rings. The van der Waals surface area contributed by atoms with Crippen molar-refractivity contribution in [3.05, 3.63) is 47.3 Å². The van der Waals surface area contributed by atoms with Crippen molar-refractivity contribution in [2.24, 2.45) is 0 Å². The van der Waals surface area contributed by atoms with Crippen molar-refractivity contribution in [1.82, 2.24) is 35.1 Å². The third kappa shape index (κ3) is 4.31. The number of carbonyl (C=O) groups excluding carboxylic acids is 1. The Kier molecular flexibility index (Phi) is 6.00. The fourth-order valence-electron chi connectivity index (χ4n) is 3.47. The Morgan fingerprint density at radius 2 is 1.80 bits per heavy atom. The average Bonchev–Trinajstić information content (AvgIpc) is 3.36. The lowest BCUT2D eigenvalue weighted by Gasteiger charge is -2.34. The van der Waals surface area contributed by atoms with E-state index in [2.05, 4.69) is 59.3 Å². The molecule has 0 saturated carbocycles. The van der Waals surface area contributed by atoms with Crippen molar-refractivity contribution in [2.75, 3.05) is 38.5 Å². The van der Waals surface area contributed by atoms with E-state index in [1.165, 1.54) is 10.2 Å². The van der Waals surface area contributed by atoms with Crippen LogP contribution in [0.3, 0.4) is 0 Å². The van der Waals surface area contributed by atoms with E-state index in [0.29, 0.717) is 12.2 Å². The summed E-state index contributed by atoms with van der Waals surface area (Å²) in [5.74, 6) is -0.253. The van der Waals surface area contributed by atoms with E-state index in [-0.39, 0.29) is 23.9 Å². The molecule has 0 unspecified atom stereocenters. The van der Waals surface area contributed by atoms with Gasteiger partial charge in [0.1, 0.15) is 0 Å². The van der Waals surface area contributed by atoms with Crippen molar-refractivity contribution in [1.29, 1.82) is 0 Å². The van der Waals surface area contributed by atoms with Crippen LogP contribution in [0.4, 0.5) is 5.82 Å². The smallest absolute Gasteiger partial charge is 0.360 e. The number of nitrogens with two attached hydrogens (primary N) is 1. The summed E-state index contributed by atoms with van der Waals surface area (Å²) in [5, 5.41) is 15.4. The molecule has 2 aromatic heterocycles. The van der Waals surface area contributed by atoms with Crippen molar-refractivity contribution < 1.29 is 14.2 Å². The molecule has 0 atom stereocenters. The molecule has 1 aliphatic heterocycles. The quantitative estimate of drug-likeness (QED) is 0.554. The lowest BCUT2D eigenvalue weighted by molar-refractivity contribution is 0.0515. The van der Waals surface area contributed by atoms with Crippen LogP contribution < -0.4 is 5.73 Å². The standard InChI is InChI=1S/C19H24N8O3/c1-2-29-19(28)16-15(27(24-21-16)18-17(20)22-30-23-18)13-26-10-8-25(9-11-26)12-14-6-4-3-5-7-14/h3-7H,2,8-13H2,1H3,(H2,20,22). The van der Waals surface area contributed by atoms with Crippen molar-refractivity contribution in [3.8, 4) is 5.82 Å². The lowest BCUT2D eigenvalue weighted by Crippen LogP contribution is -2.45. The Hall–Kier alpha value is -3.31. The molecule has 0 spiro atoms. The van der Waals surface area contributed by atoms with Gasteiger partial charge in [0.25, 0.3) is 0 Å². The van der Waals surface area contributed by atoms with Gasteiger partial charge in [-0.05, 0) is 22.8 Å². The maximum Gasteiger partial charge on any atom is 0.360 e. The number of carbonyl (C=O) groups is 1. The predicted molar refractivity (Wildman–Crippen MR) is 107 cm³/mol. The van der Waals surface area contributed by atoms with Crippen LogP contribution in [0.15, 0.2) is 35.0 Å². The van der Waals surface area contributed by atoms with E-state index in [9.17, 15) is 4.79 Å². The van der Waals surface area contributed by atoms with Crippen LogP contribution >= 0.6 is 0 Å². The van der Waals surface area contributed by atoms with E-state index >= 15 is 0 Å². The van der Waals surface area contributed by atoms with Crippen LogP contribution in [-0.4, -0.2) is 73.9 Å². The summed E-state index contributed by atoms with van der Waals surface area (Å²) in [6, 6.07) is 10.4.